The number of likely N-dealkylation sites (tertiary alicyclic amines) is 1. The Kier molecular flexibility index (Phi) is 5.53. The van der Waals surface area contributed by atoms with Crippen molar-refractivity contribution in [2.75, 3.05) is 38.3 Å². The molecular weight excluding hydrogens is 422 g/mol. The van der Waals surface area contributed by atoms with Gasteiger partial charge < -0.3 is 24.0 Å². The van der Waals surface area contributed by atoms with Crippen LogP contribution in [0.15, 0.2) is 42.7 Å². The average Bonchev–Trinajstić information content (AvgIpc) is 3.47. The normalized spacial score (nSPS) is 17.5. The van der Waals surface area contributed by atoms with E-state index in [1.165, 1.54) is 0 Å². The molecule has 0 aliphatic carbocycles. The number of aromatic nitrogens is 3. The van der Waals surface area contributed by atoms with E-state index in [0.717, 1.165) is 34.9 Å². The van der Waals surface area contributed by atoms with Crippen molar-refractivity contribution in [1.29, 1.82) is 0 Å². The molecule has 0 spiro atoms. The third-order valence-corrected chi connectivity index (χ3v) is 5.98. The van der Waals surface area contributed by atoms with E-state index in [1.54, 1.807) is 36.0 Å². The van der Waals surface area contributed by atoms with Crippen LogP contribution in [-0.2, 0) is 7.05 Å². The van der Waals surface area contributed by atoms with Crippen LogP contribution in [0.4, 0.5) is 11.4 Å². The monoisotopic (exact) mass is 449 g/mol. The maximum Gasteiger partial charge on any atom is 0.274 e. The molecule has 5 rings (SSSR count). The van der Waals surface area contributed by atoms with E-state index in [4.69, 9.17) is 14.2 Å². The summed E-state index contributed by atoms with van der Waals surface area (Å²) in [5.74, 6) is 2.12. The second-order valence-corrected chi connectivity index (χ2v) is 8.30. The molecule has 1 amide bonds. The van der Waals surface area contributed by atoms with Crippen LogP contribution in [0.25, 0.3) is 0 Å². The van der Waals surface area contributed by atoms with Gasteiger partial charge in [0.15, 0.2) is 0 Å². The molecule has 2 aliphatic heterocycles. The van der Waals surface area contributed by atoms with E-state index in [2.05, 4.69) is 21.0 Å². The van der Waals surface area contributed by atoms with Crippen LogP contribution in [0.5, 0.6) is 17.4 Å². The molecule has 172 valence electrons. The average molecular weight is 450 g/mol. The van der Waals surface area contributed by atoms with Crippen LogP contribution in [-0.4, -0.2) is 65.0 Å². The van der Waals surface area contributed by atoms with Crippen LogP contribution in [0.3, 0.4) is 0 Å². The number of aryl methyl sites for hydroxylation is 2. The highest BCUT2D eigenvalue weighted by Crippen LogP contribution is 2.40. The summed E-state index contributed by atoms with van der Waals surface area (Å²) < 4.78 is 19.1. The number of hydrogen-bond acceptors (Lipinski definition) is 7. The van der Waals surface area contributed by atoms with E-state index in [9.17, 15) is 4.79 Å². The molecular formula is C24H27N5O4. The van der Waals surface area contributed by atoms with Gasteiger partial charge in [0.25, 0.3) is 5.91 Å². The number of fused-ring (bicyclic) bond motifs is 1. The molecule has 1 aromatic carbocycles. The third kappa shape index (κ3) is 4.18. The minimum absolute atomic E-state index is 0.0610. The molecule has 0 radical (unpaired) electrons. The first-order valence-electron chi connectivity index (χ1n) is 11.0. The molecule has 1 fully saturated rings. The van der Waals surface area contributed by atoms with Crippen molar-refractivity contribution < 1.29 is 19.0 Å². The third-order valence-electron chi connectivity index (χ3n) is 5.98. The molecule has 33 heavy (non-hydrogen) atoms. The quantitative estimate of drug-likeness (QED) is 0.592. The highest BCUT2D eigenvalue weighted by Gasteiger charge is 2.30. The smallest absolute Gasteiger partial charge is 0.274 e. The zero-order valence-corrected chi connectivity index (χ0v) is 19.0. The van der Waals surface area contributed by atoms with Gasteiger partial charge in [-0.05, 0) is 31.2 Å². The Morgan fingerprint density at radius 3 is 2.85 bits per heavy atom. The summed E-state index contributed by atoms with van der Waals surface area (Å²) in [6.45, 7) is 4.46. The lowest BCUT2D eigenvalue weighted by molar-refractivity contribution is 0.0766. The fourth-order valence-electron chi connectivity index (χ4n) is 4.34. The Hall–Kier alpha value is -3.75. The second-order valence-electron chi connectivity index (χ2n) is 8.30. The number of ether oxygens (including phenoxy) is 3. The maximum absolute atomic E-state index is 12.7. The summed E-state index contributed by atoms with van der Waals surface area (Å²) >= 11 is 0. The molecule has 9 heteroatoms. The summed E-state index contributed by atoms with van der Waals surface area (Å²) in [6, 6.07) is 9.66. The Balaban J connectivity index is 1.31. The number of amides is 1. The van der Waals surface area contributed by atoms with Gasteiger partial charge in [0.2, 0.25) is 5.88 Å². The largest absolute Gasteiger partial charge is 0.490 e. The number of rotatable bonds is 5. The van der Waals surface area contributed by atoms with Gasteiger partial charge in [-0.3, -0.25) is 9.48 Å². The van der Waals surface area contributed by atoms with Crippen molar-refractivity contribution in [3.63, 3.8) is 0 Å². The summed E-state index contributed by atoms with van der Waals surface area (Å²) in [7, 11) is 3.43. The number of anilines is 2. The predicted molar refractivity (Wildman–Crippen MR) is 123 cm³/mol. The molecule has 0 unspecified atom stereocenters. The van der Waals surface area contributed by atoms with Gasteiger partial charge >= 0.3 is 0 Å². The van der Waals surface area contributed by atoms with Gasteiger partial charge in [0.1, 0.15) is 29.9 Å². The van der Waals surface area contributed by atoms with E-state index in [1.807, 2.05) is 31.3 Å². The lowest BCUT2D eigenvalue weighted by Gasteiger charge is -2.32. The van der Waals surface area contributed by atoms with E-state index < -0.39 is 0 Å². The lowest BCUT2D eigenvalue weighted by Crippen LogP contribution is -2.31. The molecule has 0 bridgehead atoms. The van der Waals surface area contributed by atoms with E-state index >= 15 is 0 Å². The van der Waals surface area contributed by atoms with Gasteiger partial charge in [0.05, 0.1) is 37.8 Å². The molecule has 0 saturated carbocycles. The zero-order valence-electron chi connectivity index (χ0n) is 19.0. The van der Waals surface area contributed by atoms with Gasteiger partial charge in [0, 0.05) is 37.8 Å². The zero-order chi connectivity index (χ0) is 22.9. The van der Waals surface area contributed by atoms with Gasteiger partial charge in [-0.15, -0.1) is 0 Å². The molecule has 1 saturated heterocycles. The highest BCUT2D eigenvalue weighted by molar-refractivity contribution is 5.92. The van der Waals surface area contributed by atoms with Gasteiger partial charge in [-0.1, -0.05) is 0 Å². The number of benzene rings is 1. The molecule has 2 aliphatic rings. The second kappa shape index (κ2) is 8.65. The van der Waals surface area contributed by atoms with Crippen molar-refractivity contribution in [1.82, 2.24) is 19.7 Å². The molecule has 1 atom stereocenters. The fraction of sp³-hybridized carbons (Fsp3) is 0.375. The van der Waals surface area contributed by atoms with Gasteiger partial charge in [-0.25, -0.2) is 4.98 Å². The first-order chi connectivity index (χ1) is 16.0. The first kappa shape index (κ1) is 21.1. The summed E-state index contributed by atoms with van der Waals surface area (Å²) in [5, 5.41) is 4.22. The lowest BCUT2D eigenvalue weighted by atomic mass is 10.2. The maximum atomic E-state index is 12.7. The summed E-state index contributed by atoms with van der Waals surface area (Å²) in [6.07, 6.45) is 4.29. The Labute approximate surface area is 192 Å². The Bertz CT molecular complexity index is 1180. The number of hydrogen-bond donors (Lipinski definition) is 0. The number of methoxy groups -OCH3 is 1. The van der Waals surface area contributed by atoms with Crippen molar-refractivity contribution >= 4 is 17.3 Å². The minimum Gasteiger partial charge on any atom is -0.490 e. The molecule has 2 aromatic heterocycles. The summed E-state index contributed by atoms with van der Waals surface area (Å²) in [4.78, 5) is 21.1. The molecule has 9 nitrogen and oxygen atoms in total. The van der Waals surface area contributed by atoms with Crippen LogP contribution >= 0.6 is 0 Å². The Morgan fingerprint density at radius 2 is 2.09 bits per heavy atom. The number of pyridine rings is 1. The molecule has 4 heterocycles. The number of carbonyl (C=O) groups is 1. The first-order valence-corrected chi connectivity index (χ1v) is 11.0. The van der Waals surface area contributed by atoms with Crippen molar-refractivity contribution in [2.45, 2.75) is 19.4 Å². The molecule has 0 N–H and O–H groups in total. The van der Waals surface area contributed by atoms with Crippen LogP contribution in [0.1, 0.15) is 22.5 Å². The summed E-state index contributed by atoms with van der Waals surface area (Å²) in [5.41, 5.74) is 3.34. The number of carbonyl (C=O) groups excluding carboxylic acids is 1. The van der Waals surface area contributed by atoms with Crippen LogP contribution in [0, 0.1) is 6.92 Å². The SMILES string of the molecule is COc1ncc(N2CCOc3ccc(O[C@H]4CCN(C(=O)c5ccn(C)n5)C4)cc32)cc1C. The van der Waals surface area contributed by atoms with Crippen molar-refractivity contribution in [3.8, 4) is 17.4 Å². The fourth-order valence-corrected chi connectivity index (χ4v) is 4.34. The topological polar surface area (TPSA) is 82.0 Å². The van der Waals surface area contributed by atoms with Crippen molar-refractivity contribution in [2.24, 2.45) is 7.05 Å². The predicted octanol–water partition coefficient (Wildman–Crippen LogP) is 2.96. The van der Waals surface area contributed by atoms with Crippen molar-refractivity contribution in [3.05, 3.63) is 54.0 Å². The van der Waals surface area contributed by atoms with Crippen LogP contribution in [0.2, 0.25) is 0 Å². The highest BCUT2D eigenvalue weighted by atomic mass is 16.5. The number of nitrogens with zero attached hydrogens (tertiary/aromatic N) is 5. The Morgan fingerprint density at radius 1 is 1.21 bits per heavy atom. The van der Waals surface area contributed by atoms with E-state index in [0.29, 0.717) is 37.8 Å². The van der Waals surface area contributed by atoms with Crippen LogP contribution < -0.4 is 19.1 Å². The standard InChI is InChI=1S/C24H27N5O4/c1-16-12-17(14-25-23(16)31-3)29-10-11-32-22-5-4-18(13-21(22)29)33-19-6-9-28(15-19)24(30)20-7-8-27(2)26-20/h4-5,7-8,12-14,19H,6,9-11,15H2,1-3H3/t19-/m0/s1. The van der Waals surface area contributed by atoms with E-state index in [-0.39, 0.29) is 12.0 Å². The van der Waals surface area contributed by atoms with Gasteiger partial charge in [-0.2, -0.15) is 5.10 Å². The minimum atomic E-state index is -0.0708. The molecule has 3 aromatic rings.